The lowest BCUT2D eigenvalue weighted by Gasteiger charge is -2.14. The van der Waals surface area contributed by atoms with E-state index in [0.717, 1.165) is 22.9 Å². The number of nitrogens with one attached hydrogen (secondary N) is 1. The summed E-state index contributed by atoms with van der Waals surface area (Å²) in [6, 6.07) is 9.45. The van der Waals surface area contributed by atoms with Crippen molar-refractivity contribution in [2.45, 2.75) is 18.9 Å². The molecule has 1 N–H and O–H groups in total. The van der Waals surface area contributed by atoms with Crippen LogP contribution in [0.5, 0.6) is 0 Å². The van der Waals surface area contributed by atoms with E-state index >= 15 is 0 Å². The van der Waals surface area contributed by atoms with Crippen LogP contribution in [0.4, 0.5) is 4.39 Å². The van der Waals surface area contributed by atoms with Crippen LogP contribution in [0.1, 0.15) is 23.0 Å². The monoisotopic (exact) mass is 303 g/mol. The standard InChI is InChI=1S/C16H18FN3S/c1-18-14(6-5-13-7-8-19-20(13)2)16-9-11-3-4-12(17)10-15(11)21-16/h3-4,7-10,14,18H,5-6H2,1-2H3. The average Bonchev–Trinajstić information content (AvgIpc) is 3.05. The fraction of sp³-hybridized carbons (Fsp3) is 0.312. The molecule has 0 saturated carbocycles. The van der Waals surface area contributed by atoms with Gasteiger partial charge in [-0.15, -0.1) is 11.3 Å². The molecule has 21 heavy (non-hydrogen) atoms. The molecule has 3 aromatic rings. The summed E-state index contributed by atoms with van der Waals surface area (Å²) in [5.74, 6) is -0.174. The Kier molecular flexibility index (Phi) is 4.03. The summed E-state index contributed by atoms with van der Waals surface area (Å²) in [6.45, 7) is 0. The number of nitrogens with zero attached hydrogens (tertiary/aromatic N) is 2. The van der Waals surface area contributed by atoms with E-state index < -0.39 is 0 Å². The van der Waals surface area contributed by atoms with Crippen LogP contribution in [0, 0.1) is 5.82 Å². The minimum atomic E-state index is -0.174. The van der Waals surface area contributed by atoms with Gasteiger partial charge < -0.3 is 5.32 Å². The quantitative estimate of drug-likeness (QED) is 0.779. The molecule has 0 saturated heterocycles. The zero-order chi connectivity index (χ0) is 14.8. The summed E-state index contributed by atoms with van der Waals surface area (Å²) in [6.07, 6.45) is 3.78. The Morgan fingerprint density at radius 2 is 2.19 bits per heavy atom. The molecule has 0 aliphatic carbocycles. The highest BCUT2D eigenvalue weighted by Crippen LogP contribution is 2.32. The van der Waals surface area contributed by atoms with Gasteiger partial charge in [0.25, 0.3) is 0 Å². The summed E-state index contributed by atoms with van der Waals surface area (Å²) in [7, 11) is 3.94. The first-order valence-corrected chi connectivity index (χ1v) is 7.82. The van der Waals surface area contributed by atoms with E-state index in [1.54, 1.807) is 17.4 Å². The number of aromatic nitrogens is 2. The lowest BCUT2D eigenvalue weighted by atomic mass is 10.1. The fourth-order valence-electron chi connectivity index (χ4n) is 2.56. The molecule has 0 fully saturated rings. The number of benzene rings is 1. The van der Waals surface area contributed by atoms with Crippen molar-refractivity contribution < 1.29 is 4.39 Å². The normalized spacial score (nSPS) is 12.9. The molecule has 0 aliphatic rings. The highest BCUT2D eigenvalue weighted by atomic mass is 32.1. The third-order valence-electron chi connectivity index (χ3n) is 3.80. The largest absolute Gasteiger partial charge is 0.312 e. The van der Waals surface area contributed by atoms with Crippen molar-refractivity contribution in [2.75, 3.05) is 7.05 Å². The molecule has 1 aromatic carbocycles. The third kappa shape index (κ3) is 2.99. The van der Waals surface area contributed by atoms with Gasteiger partial charge in [0.15, 0.2) is 0 Å². The number of aryl methyl sites for hydroxylation is 2. The first-order valence-electron chi connectivity index (χ1n) is 7.00. The van der Waals surface area contributed by atoms with Crippen molar-refractivity contribution in [3.8, 4) is 0 Å². The van der Waals surface area contributed by atoms with Crippen molar-refractivity contribution in [3.63, 3.8) is 0 Å². The van der Waals surface area contributed by atoms with E-state index in [2.05, 4.69) is 16.5 Å². The molecule has 0 aliphatic heterocycles. The van der Waals surface area contributed by atoms with Crippen LogP contribution < -0.4 is 5.32 Å². The van der Waals surface area contributed by atoms with Crippen LogP contribution in [-0.2, 0) is 13.5 Å². The van der Waals surface area contributed by atoms with Gasteiger partial charge in [-0.05, 0) is 49.5 Å². The molecule has 1 unspecified atom stereocenters. The average molecular weight is 303 g/mol. The Morgan fingerprint density at radius 3 is 2.90 bits per heavy atom. The topological polar surface area (TPSA) is 29.9 Å². The van der Waals surface area contributed by atoms with Gasteiger partial charge >= 0.3 is 0 Å². The van der Waals surface area contributed by atoms with Gasteiger partial charge in [-0.2, -0.15) is 5.10 Å². The number of rotatable bonds is 5. The molecular weight excluding hydrogens is 285 g/mol. The molecule has 0 radical (unpaired) electrons. The van der Waals surface area contributed by atoms with Crippen LogP contribution in [0.15, 0.2) is 36.5 Å². The van der Waals surface area contributed by atoms with E-state index in [0.29, 0.717) is 0 Å². The minimum absolute atomic E-state index is 0.174. The predicted molar refractivity (Wildman–Crippen MR) is 85.1 cm³/mol. The van der Waals surface area contributed by atoms with Crippen LogP contribution in [-0.4, -0.2) is 16.8 Å². The third-order valence-corrected chi connectivity index (χ3v) is 5.02. The molecule has 0 amide bonds. The van der Waals surface area contributed by atoms with Crippen LogP contribution in [0.25, 0.3) is 10.1 Å². The first-order chi connectivity index (χ1) is 10.2. The number of halogens is 1. The van der Waals surface area contributed by atoms with Gasteiger partial charge in [0.1, 0.15) is 5.82 Å². The van der Waals surface area contributed by atoms with Crippen molar-refractivity contribution in [1.29, 1.82) is 0 Å². The van der Waals surface area contributed by atoms with E-state index in [-0.39, 0.29) is 11.9 Å². The number of thiophene rings is 1. The molecule has 5 heteroatoms. The molecule has 0 bridgehead atoms. The van der Waals surface area contributed by atoms with E-state index in [4.69, 9.17) is 0 Å². The van der Waals surface area contributed by atoms with Gasteiger partial charge in [-0.25, -0.2) is 4.39 Å². The maximum Gasteiger partial charge on any atom is 0.124 e. The molecular formula is C16H18FN3S. The van der Waals surface area contributed by atoms with Crippen molar-refractivity contribution in [2.24, 2.45) is 7.05 Å². The second-order valence-corrected chi connectivity index (χ2v) is 6.27. The van der Waals surface area contributed by atoms with E-state index in [1.165, 1.54) is 16.6 Å². The highest BCUT2D eigenvalue weighted by Gasteiger charge is 2.14. The number of fused-ring (bicyclic) bond motifs is 1. The Morgan fingerprint density at radius 1 is 1.33 bits per heavy atom. The van der Waals surface area contributed by atoms with E-state index in [9.17, 15) is 4.39 Å². The van der Waals surface area contributed by atoms with Gasteiger partial charge in [-0.3, -0.25) is 4.68 Å². The van der Waals surface area contributed by atoms with Gasteiger partial charge in [0.05, 0.1) is 0 Å². The lowest BCUT2D eigenvalue weighted by molar-refractivity contribution is 0.543. The number of hydrogen-bond acceptors (Lipinski definition) is 3. The number of hydrogen-bond donors (Lipinski definition) is 1. The summed E-state index contributed by atoms with van der Waals surface area (Å²) in [4.78, 5) is 1.25. The Balaban J connectivity index is 1.79. The summed E-state index contributed by atoms with van der Waals surface area (Å²) >= 11 is 1.66. The Bertz CT molecular complexity index is 747. The summed E-state index contributed by atoms with van der Waals surface area (Å²) in [5.41, 5.74) is 1.22. The van der Waals surface area contributed by atoms with Crippen LogP contribution in [0.2, 0.25) is 0 Å². The summed E-state index contributed by atoms with van der Waals surface area (Å²) in [5, 5.41) is 8.67. The molecule has 2 aromatic heterocycles. The van der Waals surface area contributed by atoms with Gasteiger partial charge in [0, 0.05) is 34.6 Å². The minimum Gasteiger partial charge on any atom is -0.312 e. The SMILES string of the molecule is CNC(CCc1ccnn1C)c1cc2ccc(F)cc2s1. The maximum absolute atomic E-state index is 13.3. The maximum atomic E-state index is 13.3. The van der Waals surface area contributed by atoms with E-state index in [1.807, 2.05) is 37.1 Å². The van der Waals surface area contributed by atoms with Crippen molar-refractivity contribution in [3.05, 3.63) is 52.9 Å². The molecule has 1 atom stereocenters. The predicted octanol–water partition coefficient (Wildman–Crippen LogP) is 3.67. The summed E-state index contributed by atoms with van der Waals surface area (Å²) < 4.78 is 16.2. The fourth-order valence-corrected chi connectivity index (χ4v) is 3.80. The smallest absolute Gasteiger partial charge is 0.124 e. The zero-order valence-electron chi connectivity index (χ0n) is 12.1. The van der Waals surface area contributed by atoms with Crippen molar-refractivity contribution >= 4 is 21.4 Å². The van der Waals surface area contributed by atoms with Gasteiger partial charge in [-0.1, -0.05) is 6.07 Å². The molecule has 0 spiro atoms. The lowest BCUT2D eigenvalue weighted by Crippen LogP contribution is -2.16. The molecule has 3 rings (SSSR count). The van der Waals surface area contributed by atoms with Crippen LogP contribution >= 0.6 is 11.3 Å². The molecule has 3 nitrogen and oxygen atoms in total. The Hall–Kier alpha value is -1.72. The second kappa shape index (κ2) is 5.95. The molecule has 110 valence electrons. The Labute approximate surface area is 127 Å². The zero-order valence-corrected chi connectivity index (χ0v) is 13.0. The molecule has 2 heterocycles. The highest BCUT2D eigenvalue weighted by molar-refractivity contribution is 7.19. The van der Waals surface area contributed by atoms with Crippen LogP contribution in [0.3, 0.4) is 0 Å². The second-order valence-electron chi connectivity index (χ2n) is 5.16. The van der Waals surface area contributed by atoms with Gasteiger partial charge in [0.2, 0.25) is 0 Å². The van der Waals surface area contributed by atoms with Crippen molar-refractivity contribution in [1.82, 2.24) is 15.1 Å². The first kappa shape index (κ1) is 14.2.